The summed E-state index contributed by atoms with van der Waals surface area (Å²) in [4.78, 5) is 17.6. The van der Waals surface area contributed by atoms with E-state index in [1.165, 1.54) is 0 Å². The number of benzene rings is 1. The van der Waals surface area contributed by atoms with Crippen molar-refractivity contribution >= 4 is 26.6 Å². The number of nitrogens with one attached hydrogen (secondary N) is 1. The van der Waals surface area contributed by atoms with Crippen LogP contribution in [0.4, 0.5) is 0 Å². The first kappa shape index (κ1) is 16.8. The summed E-state index contributed by atoms with van der Waals surface area (Å²) in [5.41, 5.74) is 1.85. The molecular formula is C17H22N2O4S. The van der Waals surface area contributed by atoms with Crippen molar-refractivity contribution in [3.63, 3.8) is 0 Å². The predicted octanol–water partition coefficient (Wildman–Crippen LogP) is 1.75. The Hall–Kier alpha value is -2.02. The number of aromatic amines is 1. The monoisotopic (exact) mass is 350 g/mol. The van der Waals surface area contributed by atoms with Gasteiger partial charge in [-0.25, -0.2) is 8.42 Å². The molecule has 1 aliphatic rings. The van der Waals surface area contributed by atoms with Gasteiger partial charge < -0.3 is 14.6 Å². The molecule has 24 heavy (non-hydrogen) atoms. The highest BCUT2D eigenvalue weighted by molar-refractivity contribution is 7.91. The number of H-pyrrole nitrogens is 1. The molecule has 0 bridgehead atoms. The highest BCUT2D eigenvalue weighted by Gasteiger charge is 2.33. The van der Waals surface area contributed by atoms with Crippen LogP contribution in [0.1, 0.15) is 18.9 Å². The summed E-state index contributed by atoms with van der Waals surface area (Å²) in [6, 6.07) is 5.49. The molecule has 1 atom stereocenters. The second kappa shape index (κ2) is 6.47. The first-order valence-corrected chi connectivity index (χ1v) is 9.89. The van der Waals surface area contributed by atoms with Gasteiger partial charge in [0.15, 0.2) is 9.84 Å². The number of carbonyl (C=O) groups excluding carboxylic acids is 1. The van der Waals surface area contributed by atoms with E-state index in [1.807, 2.05) is 31.3 Å². The topological polar surface area (TPSA) is 79.5 Å². The van der Waals surface area contributed by atoms with E-state index in [-0.39, 0.29) is 29.9 Å². The Labute approximate surface area is 141 Å². The average molecular weight is 350 g/mol. The summed E-state index contributed by atoms with van der Waals surface area (Å²) in [5, 5.41) is 0.956. The molecule has 1 aromatic carbocycles. The summed E-state index contributed by atoms with van der Waals surface area (Å²) >= 11 is 0. The van der Waals surface area contributed by atoms with Crippen LogP contribution in [-0.4, -0.2) is 55.4 Å². The Morgan fingerprint density at radius 1 is 1.42 bits per heavy atom. The van der Waals surface area contributed by atoms with Gasteiger partial charge in [-0.15, -0.1) is 0 Å². The van der Waals surface area contributed by atoms with Crippen LogP contribution in [0.15, 0.2) is 24.4 Å². The normalized spacial score (nSPS) is 19.5. The number of nitrogens with zero attached hydrogens (tertiary/aromatic N) is 1. The number of hydrogen-bond acceptors (Lipinski definition) is 4. The van der Waals surface area contributed by atoms with Gasteiger partial charge in [-0.2, -0.15) is 0 Å². The van der Waals surface area contributed by atoms with Crippen LogP contribution in [0, 0.1) is 0 Å². The van der Waals surface area contributed by atoms with E-state index < -0.39 is 9.84 Å². The summed E-state index contributed by atoms with van der Waals surface area (Å²) in [5.74, 6) is 0.952. The highest BCUT2D eigenvalue weighted by Crippen LogP contribution is 2.25. The number of methoxy groups -OCH3 is 1. The van der Waals surface area contributed by atoms with Crippen LogP contribution < -0.4 is 4.74 Å². The molecule has 1 aliphatic heterocycles. The standard InChI is InChI=1S/C17H22N2O4S/c1-3-19(13-6-7-24(21,22)11-13)17(20)8-12-10-18-16-5-4-14(23-2)9-15(12)16/h4-5,9-10,13,18H,3,6-8,11H2,1-2H3. The molecule has 1 N–H and O–H groups in total. The molecule has 1 saturated heterocycles. The molecule has 1 amide bonds. The van der Waals surface area contributed by atoms with E-state index in [9.17, 15) is 13.2 Å². The molecule has 0 spiro atoms. The summed E-state index contributed by atoms with van der Waals surface area (Å²) in [6.07, 6.45) is 2.61. The first-order chi connectivity index (χ1) is 11.4. The third-order valence-corrected chi connectivity index (χ3v) is 6.38. The largest absolute Gasteiger partial charge is 0.497 e. The number of hydrogen-bond donors (Lipinski definition) is 1. The van der Waals surface area contributed by atoms with Crippen LogP contribution in [-0.2, 0) is 21.1 Å². The quantitative estimate of drug-likeness (QED) is 0.891. The van der Waals surface area contributed by atoms with E-state index in [0.29, 0.717) is 13.0 Å². The van der Waals surface area contributed by atoms with Crippen molar-refractivity contribution < 1.29 is 17.9 Å². The lowest BCUT2D eigenvalue weighted by molar-refractivity contribution is -0.132. The molecule has 1 aromatic heterocycles. The van der Waals surface area contributed by atoms with Crippen molar-refractivity contribution in [2.24, 2.45) is 0 Å². The molecule has 0 saturated carbocycles. The van der Waals surface area contributed by atoms with Crippen molar-refractivity contribution in [3.05, 3.63) is 30.0 Å². The summed E-state index contributed by atoms with van der Waals surface area (Å²) < 4.78 is 28.6. The second-order valence-corrected chi connectivity index (χ2v) is 8.37. The molecule has 1 fully saturated rings. The van der Waals surface area contributed by atoms with Gasteiger partial charge in [0, 0.05) is 29.7 Å². The molecule has 2 heterocycles. The molecule has 1 unspecified atom stereocenters. The predicted molar refractivity (Wildman–Crippen MR) is 93.0 cm³/mol. The number of sulfone groups is 1. The van der Waals surface area contributed by atoms with E-state index in [2.05, 4.69) is 4.98 Å². The maximum absolute atomic E-state index is 12.7. The Kier molecular flexibility index (Phi) is 4.54. The van der Waals surface area contributed by atoms with Crippen molar-refractivity contribution in [1.29, 1.82) is 0 Å². The minimum absolute atomic E-state index is 0.0386. The van der Waals surface area contributed by atoms with Gasteiger partial charge in [0.25, 0.3) is 0 Å². The minimum Gasteiger partial charge on any atom is -0.497 e. The van der Waals surface area contributed by atoms with Crippen LogP contribution >= 0.6 is 0 Å². The Bertz CT molecular complexity index is 857. The zero-order chi connectivity index (χ0) is 17.3. The SMILES string of the molecule is CCN(C(=O)Cc1c[nH]c2ccc(OC)cc12)C1CCS(=O)(=O)C1. The number of carbonyl (C=O) groups is 1. The number of ether oxygens (including phenoxy) is 1. The third-order valence-electron chi connectivity index (χ3n) is 4.63. The fraction of sp³-hybridized carbons (Fsp3) is 0.471. The lowest BCUT2D eigenvalue weighted by Crippen LogP contribution is -2.41. The zero-order valence-corrected chi connectivity index (χ0v) is 14.7. The van der Waals surface area contributed by atoms with Crippen LogP contribution in [0.3, 0.4) is 0 Å². The first-order valence-electron chi connectivity index (χ1n) is 8.07. The molecule has 0 radical (unpaired) electrons. The van der Waals surface area contributed by atoms with Gasteiger partial charge in [-0.3, -0.25) is 4.79 Å². The maximum Gasteiger partial charge on any atom is 0.227 e. The summed E-state index contributed by atoms with van der Waals surface area (Å²) in [6.45, 7) is 2.41. The van der Waals surface area contributed by atoms with Crippen LogP contribution in [0.5, 0.6) is 5.75 Å². The molecule has 6 nitrogen and oxygen atoms in total. The van der Waals surface area contributed by atoms with E-state index in [1.54, 1.807) is 12.0 Å². The van der Waals surface area contributed by atoms with Crippen LogP contribution in [0.25, 0.3) is 10.9 Å². The van der Waals surface area contributed by atoms with Crippen molar-refractivity contribution in [1.82, 2.24) is 9.88 Å². The van der Waals surface area contributed by atoms with E-state index in [0.717, 1.165) is 22.2 Å². The van der Waals surface area contributed by atoms with Gasteiger partial charge in [0.2, 0.25) is 5.91 Å². The molecule has 2 aromatic rings. The number of fused-ring (bicyclic) bond motifs is 1. The highest BCUT2D eigenvalue weighted by atomic mass is 32.2. The molecule has 3 rings (SSSR count). The average Bonchev–Trinajstić information content (AvgIpc) is 3.11. The smallest absolute Gasteiger partial charge is 0.227 e. The Morgan fingerprint density at radius 2 is 2.21 bits per heavy atom. The van der Waals surface area contributed by atoms with E-state index in [4.69, 9.17) is 4.74 Å². The van der Waals surface area contributed by atoms with Gasteiger partial charge in [-0.05, 0) is 37.1 Å². The lowest BCUT2D eigenvalue weighted by atomic mass is 10.1. The lowest BCUT2D eigenvalue weighted by Gasteiger charge is -2.26. The third kappa shape index (κ3) is 3.26. The molecule has 7 heteroatoms. The van der Waals surface area contributed by atoms with Gasteiger partial charge in [0.05, 0.1) is 25.0 Å². The number of rotatable bonds is 5. The van der Waals surface area contributed by atoms with Crippen molar-refractivity contribution in [2.45, 2.75) is 25.8 Å². The Balaban J connectivity index is 1.81. The van der Waals surface area contributed by atoms with Crippen molar-refractivity contribution in [3.8, 4) is 5.75 Å². The number of likely N-dealkylation sites (N-methyl/N-ethyl adjacent to an activating group) is 1. The van der Waals surface area contributed by atoms with Gasteiger partial charge >= 0.3 is 0 Å². The zero-order valence-electron chi connectivity index (χ0n) is 13.9. The fourth-order valence-corrected chi connectivity index (χ4v) is 5.09. The Morgan fingerprint density at radius 3 is 2.83 bits per heavy atom. The van der Waals surface area contributed by atoms with Gasteiger partial charge in [0.1, 0.15) is 5.75 Å². The fourth-order valence-electron chi connectivity index (χ4n) is 3.35. The van der Waals surface area contributed by atoms with Gasteiger partial charge in [-0.1, -0.05) is 0 Å². The molecular weight excluding hydrogens is 328 g/mol. The molecule has 130 valence electrons. The minimum atomic E-state index is -3.01. The maximum atomic E-state index is 12.7. The summed E-state index contributed by atoms with van der Waals surface area (Å²) in [7, 11) is -1.40. The van der Waals surface area contributed by atoms with E-state index >= 15 is 0 Å². The number of amides is 1. The molecule has 0 aliphatic carbocycles. The second-order valence-electron chi connectivity index (χ2n) is 6.14. The van der Waals surface area contributed by atoms with Crippen molar-refractivity contribution in [2.75, 3.05) is 25.2 Å². The number of aromatic nitrogens is 1. The van der Waals surface area contributed by atoms with Crippen LogP contribution in [0.2, 0.25) is 0 Å².